The lowest BCUT2D eigenvalue weighted by atomic mass is 10.0. The van der Waals surface area contributed by atoms with Crippen molar-refractivity contribution in [2.24, 2.45) is 5.92 Å². The van der Waals surface area contributed by atoms with Gasteiger partial charge in [0.1, 0.15) is 12.4 Å². The summed E-state index contributed by atoms with van der Waals surface area (Å²) >= 11 is 0. The maximum Gasteiger partial charge on any atom is 0.326 e. The molecule has 22 heavy (non-hydrogen) atoms. The van der Waals surface area contributed by atoms with E-state index in [2.05, 4.69) is 20.8 Å². The Kier molecular flexibility index (Phi) is 4.82. The number of carbonyl (C=O) groups is 2. The zero-order valence-corrected chi connectivity index (χ0v) is 12.3. The molecule has 0 spiro atoms. The van der Waals surface area contributed by atoms with Crippen LogP contribution in [0.25, 0.3) is 5.69 Å². The van der Waals surface area contributed by atoms with E-state index in [1.165, 1.54) is 11.0 Å². The first-order valence-corrected chi connectivity index (χ1v) is 6.84. The van der Waals surface area contributed by atoms with Crippen LogP contribution in [0.5, 0.6) is 0 Å². The number of carboxylic acids is 1. The van der Waals surface area contributed by atoms with E-state index in [9.17, 15) is 9.59 Å². The second-order valence-corrected chi connectivity index (χ2v) is 5.30. The van der Waals surface area contributed by atoms with Crippen LogP contribution in [0.4, 0.5) is 0 Å². The highest BCUT2D eigenvalue weighted by Gasteiger charge is 2.21. The van der Waals surface area contributed by atoms with Crippen molar-refractivity contribution < 1.29 is 14.7 Å². The fourth-order valence-electron chi connectivity index (χ4n) is 1.98. The van der Waals surface area contributed by atoms with Crippen molar-refractivity contribution in [3.05, 3.63) is 36.2 Å². The number of hydrogen-bond donors (Lipinski definition) is 2. The third-order valence-electron chi connectivity index (χ3n) is 3.05. The molecular weight excluding hydrogens is 286 g/mol. The van der Waals surface area contributed by atoms with Gasteiger partial charge in [0.25, 0.3) is 5.91 Å². The monoisotopic (exact) mass is 303 g/mol. The molecule has 0 unspecified atom stereocenters. The van der Waals surface area contributed by atoms with E-state index < -0.39 is 17.9 Å². The Balaban J connectivity index is 2.07. The number of hydrogen-bond acceptors (Lipinski definition) is 5. The van der Waals surface area contributed by atoms with Crippen LogP contribution in [-0.2, 0) is 4.79 Å². The highest BCUT2D eigenvalue weighted by atomic mass is 16.4. The molecule has 1 heterocycles. The first kappa shape index (κ1) is 15.6. The Bertz CT molecular complexity index is 637. The number of aromatic nitrogens is 4. The van der Waals surface area contributed by atoms with Crippen LogP contribution < -0.4 is 5.32 Å². The molecule has 1 atom stereocenters. The first-order chi connectivity index (χ1) is 10.5. The van der Waals surface area contributed by atoms with E-state index in [4.69, 9.17) is 5.11 Å². The lowest BCUT2D eigenvalue weighted by Crippen LogP contribution is -2.41. The Hall–Kier alpha value is -2.77. The van der Waals surface area contributed by atoms with E-state index in [0.29, 0.717) is 17.7 Å². The van der Waals surface area contributed by atoms with Gasteiger partial charge in [0, 0.05) is 5.56 Å². The number of nitrogens with one attached hydrogen (secondary N) is 1. The summed E-state index contributed by atoms with van der Waals surface area (Å²) in [6, 6.07) is 5.67. The minimum atomic E-state index is -1.03. The van der Waals surface area contributed by atoms with Gasteiger partial charge in [-0.3, -0.25) is 4.79 Å². The largest absolute Gasteiger partial charge is 0.480 e. The number of carbonyl (C=O) groups excluding carboxylic acids is 1. The second-order valence-electron chi connectivity index (χ2n) is 5.30. The maximum absolute atomic E-state index is 12.1. The molecular formula is C14H17N5O3. The fourth-order valence-corrected chi connectivity index (χ4v) is 1.98. The highest BCUT2D eigenvalue weighted by Crippen LogP contribution is 2.10. The Morgan fingerprint density at radius 3 is 2.45 bits per heavy atom. The molecule has 1 amide bonds. The van der Waals surface area contributed by atoms with Crippen LogP contribution in [0.15, 0.2) is 30.6 Å². The molecule has 1 aromatic carbocycles. The van der Waals surface area contributed by atoms with Crippen molar-refractivity contribution in [1.29, 1.82) is 0 Å². The van der Waals surface area contributed by atoms with Gasteiger partial charge in [-0.2, -0.15) is 0 Å². The van der Waals surface area contributed by atoms with Crippen molar-refractivity contribution in [3.8, 4) is 5.69 Å². The van der Waals surface area contributed by atoms with Gasteiger partial charge in [-0.15, -0.1) is 5.10 Å². The average molecular weight is 303 g/mol. The summed E-state index contributed by atoms with van der Waals surface area (Å²) in [5, 5.41) is 22.5. The van der Waals surface area contributed by atoms with Crippen LogP contribution in [-0.4, -0.2) is 43.2 Å². The zero-order valence-electron chi connectivity index (χ0n) is 12.3. The summed E-state index contributed by atoms with van der Waals surface area (Å²) < 4.78 is 1.46. The molecule has 0 aliphatic heterocycles. The van der Waals surface area contributed by atoms with Crippen molar-refractivity contribution in [1.82, 2.24) is 25.5 Å². The smallest absolute Gasteiger partial charge is 0.326 e. The molecule has 0 aliphatic rings. The summed E-state index contributed by atoms with van der Waals surface area (Å²) in [5.41, 5.74) is 1.09. The molecule has 0 bridgehead atoms. The normalized spacial score (nSPS) is 12.1. The lowest BCUT2D eigenvalue weighted by molar-refractivity contribution is -0.139. The van der Waals surface area contributed by atoms with Crippen LogP contribution in [0.1, 0.15) is 30.6 Å². The van der Waals surface area contributed by atoms with Gasteiger partial charge in [0.15, 0.2) is 0 Å². The van der Waals surface area contributed by atoms with E-state index in [0.717, 1.165) is 0 Å². The van der Waals surface area contributed by atoms with E-state index >= 15 is 0 Å². The van der Waals surface area contributed by atoms with Crippen molar-refractivity contribution >= 4 is 11.9 Å². The third-order valence-corrected chi connectivity index (χ3v) is 3.05. The molecule has 0 aliphatic carbocycles. The molecule has 0 fully saturated rings. The number of carboxylic acid groups (broad SMARTS) is 1. The summed E-state index contributed by atoms with van der Waals surface area (Å²) in [6.07, 6.45) is 1.82. The van der Waals surface area contributed by atoms with E-state index in [-0.39, 0.29) is 5.92 Å². The predicted octanol–water partition coefficient (Wildman–Crippen LogP) is 0.891. The summed E-state index contributed by atoms with van der Waals surface area (Å²) in [7, 11) is 0. The van der Waals surface area contributed by atoms with Crippen molar-refractivity contribution in [2.75, 3.05) is 0 Å². The molecule has 2 rings (SSSR count). The van der Waals surface area contributed by atoms with Crippen LogP contribution in [0.3, 0.4) is 0 Å². The quantitative estimate of drug-likeness (QED) is 0.820. The molecule has 1 aromatic heterocycles. The van der Waals surface area contributed by atoms with Crippen molar-refractivity contribution in [3.63, 3.8) is 0 Å². The summed E-state index contributed by atoms with van der Waals surface area (Å²) in [5.74, 6) is -1.28. The third kappa shape index (κ3) is 3.87. The molecule has 8 nitrogen and oxygen atoms in total. The highest BCUT2D eigenvalue weighted by molar-refractivity contribution is 5.96. The first-order valence-electron chi connectivity index (χ1n) is 6.84. The standard InChI is InChI=1S/C14H17N5O3/c1-9(2)7-12(14(21)22)16-13(20)10-3-5-11(6-4-10)19-8-15-17-18-19/h3-6,8-9,12H,7H2,1-2H3,(H,16,20)(H,21,22)/t12-/m1/s1. The van der Waals surface area contributed by atoms with E-state index in [1.807, 2.05) is 13.8 Å². The second kappa shape index (κ2) is 6.79. The van der Waals surface area contributed by atoms with Gasteiger partial charge in [0.05, 0.1) is 5.69 Å². The number of nitrogens with zero attached hydrogens (tertiary/aromatic N) is 4. The Morgan fingerprint density at radius 1 is 1.27 bits per heavy atom. The number of rotatable bonds is 6. The Labute approximate surface area is 127 Å². The molecule has 0 saturated carbocycles. The molecule has 2 N–H and O–H groups in total. The van der Waals surface area contributed by atoms with Gasteiger partial charge >= 0.3 is 5.97 Å². The fraction of sp³-hybridized carbons (Fsp3) is 0.357. The van der Waals surface area contributed by atoms with E-state index in [1.54, 1.807) is 24.3 Å². The number of benzene rings is 1. The van der Waals surface area contributed by atoms with Gasteiger partial charge in [-0.05, 0) is 47.0 Å². The average Bonchev–Trinajstić information content (AvgIpc) is 3.00. The summed E-state index contributed by atoms with van der Waals surface area (Å²) in [6.45, 7) is 3.81. The minimum Gasteiger partial charge on any atom is -0.480 e. The molecule has 0 saturated heterocycles. The van der Waals surface area contributed by atoms with Gasteiger partial charge in [-0.1, -0.05) is 13.8 Å². The molecule has 2 aromatic rings. The number of aliphatic carboxylic acids is 1. The van der Waals surface area contributed by atoms with Gasteiger partial charge in [-0.25, -0.2) is 9.48 Å². The topological polar surface area (TPSA) is 110 Å². The summed E-state index contributed by atoms with van der Waals surface area (Å²) in [4.78, 5) is 23.3. The Morgan fingerprint density at radius 2 is 1.95 bits per heavy atom. The SMILES string of the molecule is CC(C)C[C@@H](NC(=O)c1ccc(-n2cnnn2)cc1)C(=O)O. The molecule has 8 heteroatoms. The molecule has 0 radical (unpaired) electrons. The maximum atomic E-state index is 12.1. The van der Waals surface area contributed by atoms with Gasteiger partial charge in [0.2, 0.25) is 0 Å². The van der Waals surface area contributed by atoms with Crippen molar-refractivity contribution in [2.45, 2.75) is 26.3 Å². The number of amides is 1. The molecule has 116 valence electrons. The van der Waals surface area contributed by atoms with Gasteiger partial charge < -0.3 is 10.4 Å². The number of tetrazole rings is 1. The minimum absolute atomic E-state index is 0.170. The predicted molar refractivity (Wildman–Crippen MR) is 77.5 cm³/mol. The van der Waals surface area contributed by atoms with Crippen LogP contribution in [0, 0.1) is 5.92 Å². The van der Waals surface area contributed by atoms with Crippen LogP contribution in [0.2, 0.25) is 0 Å². The zero-order chi connectivity index (χ0) is 16.1. The lowest BCUT2D eigenvalue weighted by Gasteiger charge is -2.16. The van der Waals surface area contributed by atoms with Crippen LogP contribution >= 0.6 is 0 Å².